The Kier molecular flexibility index (Phi) is 8.39. The van der Waals surface area contributed by atoms with Crippen LogP contribution in [0, 0.1) is 0 Å². The normalized spacial score (nSPS) is 13.2. The molecule has 0 aromatic carbocycles. The molecule has 0 amide bonds. The molecule has 2 N–H and O–H groups in total. The van der Waals surface area contributed by atoms with E-state index in [9.17, 15) is 30.2 Å². The van der Waals surface area contributed by atoms with Crippen LogP contribution >= 0.6 is 0 Å². The highest BCUT2D eigenvalue weighted by Crippen LogP contribution is 2.15. The van der Waals surface area contributed by atoms with Gasteiger partial charge in [-0.1, -0.05) is 26.3 Å². The minimum Gasteiger partial charge on any atom is -0.418 e. The smallest absolute Gasteiger partial charge is 0.418 e. The summed E-state index contributed by atoms with van der Waals surface area (Å²) in [6.45, 7) is 5.63. The molecule has 0 aliphatic rings. The SMILES string of the molecule is C=Cc1c[n+](C(CCCCC)S(=O)(=O)O)c[nH]1.F[B-](F)(F)F. The van der Waals surface area contributed by atoms with Gasteiger partial charge in [0.05, 0.1) is 0 Å². The Morgan fingerprint density at radius 2 is 1.95 bits per heavy atom. The summed E-state index contributed by atoms with van der Waals surface area (Å²) in [5.74, 6) is 0. The minimum atomic E-state index is -6.00. The number of rotatable bonds is 7. The van der Waals surface area contributed by atoms with Crippen LogP contribution < -0.4 is 4.57 Å². The molecule has 128 valence electrons. The van der Waals surface area contributed by atoms with E-state index in [2.05, 4.69) is 11.6 Å². The first kappa shape index (κ1) is 20.6. The van der Waals surface area contributed by atoms with E-state index in [1.165, 1.54) is 10.9 Å². The highest BCUT2D eigenvalue weighted by molar-refractivity contribution is 7.85. The van der Waals surface area contributed by atoms with Gasteiger partial charge in [0.25, 0.3) is 0 Å². The lowest BCUT2D eigenvalue weighted by Gasteiger charge is -2.09. The Balaban J connectivity index is 0.000000763. The van der Waals surface area contributed by atoms with Gasteiger partial charge in [-0.2, -0.15) is 8.42 Å². The molecule has 0 fully saturated rings. The second-order valence-electron chi connectivity index (χ2n) is 4.47. The van der Waals surface area contributed by atoms with Crippen LogP contribution in [0.15, 0.2) is 19.1 Å². The van der Waals surface area contributed by atoms with Crippen LogP contribution in [0.3, 0.4) is 0 Å². The van der Waals surface area contributed by atoms with Crippen molar-refractivity contribution in [1.29, 1.82) is 0 Å². The number of hydrogen-bond donors (Lipinski definition) is 2. The number of nitrogens with zero attached hydrogens (tertiary/aromatic N) is 1. The van der Waals surface area contributed by atoms with E-state index < -0.39 is 22.7 Å². The molecule has 0 aliphatic heterocycles. The Bertz CT molecular complexity index is 554. The number of H-pyrrole nitrogens is 1. The molecule has 1 aromatic rings. The second kappa shape index (κ2) is 8.94. The summed E-state index contributed by atoms with van der Waals surface area (Å²) in [4.78, 5) is 2.87. The molecule has 1 aromatic heterocycles. The van der Waals surface area contributed by atoms with E-state index in [1.54, 1.807) is 12.3 Å². The van der Waals surface area contributed by atoms with Gasteiger partial charge in [-0.3, -0.25) is 4.55 Å². The largest absolute Gasteiger partial charge is 0.673 e. The van der Waals surface area contributed by atoms with E-state index in [4.69, 9.17) is 0 Å². The maximum absolute atomic E-state index is 11.3. The van der Waals surface area contributed by atoms with Gasteiger partial charge >= 0.3 is 17.4 Å². The molecule has 22 heavy (non-hydrogen) atoms. The van der Waals surface area contributed by atoms with Crippen LogP contribution in [0.4, 0.5) is 17.3 Å². The standard InChI is InChI=1S/C11H18N2O3S.BF4/c1-3-5-6-7-11(17(14,15)16)13-8-10(4-2)12-9-13;2-1(3,4)5/h4,8-9,11H,2-3,5-7H2,1H3,(H,14,15,16);/q;-1/p+1. The molecule has 0 spiro atoms. The van der Waals surface area contributed by atoms with Crippen LogP contribution in [-0.2, 0) is 10.1 Å². The average Bonchev–Trinajstić information content (AvgIpc) is 2.79. The zero-order valence-electron chi connectivity index (χ0n) is 12.1. The van der Waals surface area contributed by atoms with Crippen molar-refractivity contribution in [2.75, 3.05) is 0 Å². The van der Waals surface area contributed by atoms with Crippen molar-refractivity contribution in [3.63, 3.8) is 0 Å². The Morgan fingerprint density at radius 3 is 2.32 bits per heavy atom. The summed E-state index contributed by atoms with van der Waals surface area (Å²) in [5, 5.41) is -0.918. The molecule has 5 nitrogen and oxygen atoms in total. The first-order chi connectivity index (χ1) is 9.99. The summed E-state index contributed by atoms with van der Waals surface area (Å²) in [6.07, 6.45) is 7.87. The zero-order valence-corrected chi connectivity index (χ0v) is 12.9. The number of nitrogens with one attached hydrogen (secondary N) is 1. The van der Waals surface area contributed by atoms with Crippen molar-refractivity contribution in [1.82, 2.24) is 4.98 Å². The van der Waals surface area contributed by atoms with Crippen molar-refractivity contribution in [2.45, 2.75) is 38.0 Å². The highest BCUT2D eigenvalue weighted by Gasteiger charge is 2.29. The number of unbranched alkanes of at least 4 members (excludes halogenated alkanes) is 2. The Hall–Kier alpha value is -1.36. The van der Waals surface area contributed by atoms with Crippen molar-refractivity contribution >= 4 is 23.4 Å². The molecule has 0 saturated carbocycles. The number of aromatic nitrogens is 2. The van der Waals surface area contributed by atoms with Crippen molar-refractivity contribution in [2.24, 2.45) is 0 Å². The van der Waals surface area contributed by atoms with Crippen molar-refractivity contribution < 1.29 is 34.8 Å². The van der Waals surface area contributed by atoms with Gasteiger partial charge in [-0.15, -0.1) is 0 Å². The maximum Gasteiger partial charge on any atom is 0.673 e. The molecule has 0 bridgehead atoms. The third-order valence-corrected chi connectivity index (χ3v) is 3.79. The summed E-state index contributed by atoms with van der Waals surface area (Å²) in [7, 11) is -10.1. The maximum atomic E-state index is 11.3. The van der Waals surface area contributed by atoms with E-state index in [0.29, 0.717) is 12.1 Å². The molecule has 0 saturated heterocycles. The third-order valence-electron chi connectivity index (χ3n) is 2.62. The molecule has 1 atom stereocenters. The molecule has 11 heteroatoms. The molecule has 1 heterocycles. The molecular weight excluding hydrogens is 327 g/mol. The van der Waals surface area contributed by atoms with Gasteiger partial charge in [-0.25, -0.2) is 9.55 Å². The predicted molar refractivity (Wildman–Crippen MR) is 76.0 cm³/mol. The molecule has 0 radical (unpaired) electrons. The lowest BCUT2D eigenvalue weighted by Crippen LogP contribution is -2.42. The number of imidazole rings is 1. The number of aromatic amines is 1. The highest BCUT2D eigenvalue weighted by atomic mass is 32.2. The van der Waals surface area contributed by atoms with E-state index in [1.807, 2.05) is 6.92 Å². The van der Waals surface area contributed by atoms with Gasteiger partial charge in [-0.05, 0) is 12.5 Å². The lowest BCUT2D eigenvalue weighted by molar-refractivity contribution is -0.701. The van der Waals surface area contributed by atoms with Crippen LogP contribution in [0.5, 0.6) is 0 Å². The average molecular weight is 346 g/mol. The zero-order chi connectivity index (χ0) is 17.4. The minimum absolute atomic E-state index is 0.409. The summed E-state index contributed by atoms with van der Waals surface area (Å²) in [6, 6.07) is 0. The van der Waals surface area contributed by atoms with Gasteiger partial charge < -0.3 is 17.3 Å². The summed E-state index contributed by atoms with van der Waals surface area (Å²) in [5.41, 5.74) is 0.717. The first-order valence-electron chi connectivity index (χ1n) is 6.54. The summed E-state index contributed by atoms with van der Waals surface area (Å²) < 4.78 is 72.3. The lowest BCUT2D eigenvalue weighted by atomic mass is 10.2. The number of halogens is 4. The van der Waals surface area contributed by atoms with Gasteiger partial charge in [0.15, 0.2) is 5.69 Å². The van der Waals surface area contributed by atoms with Crippen molar-refractivity contribution in [3.05, 3.63) is 24.8 Å². The molecular formula is C11H19BF4N2O3S. The van der Waals surface area contributed by atoms with Crippen LogP contribution in [0.1, 0.15) is 43.7 Å². The van der Waals surface area contributed by atoms with Crippen LogP contribution in [0.2, 0.25) is 0 Å². The molecule has 0 aliphatic carbocycles. The molecule has 1 unspecified atom stereocenters. The van der Waals surface area contributed by atoms with Gasteiger partial charge in [0.1, 0.15) is 6.20 Å². The van der Waals surface area contributed by atoms with Crippen LogP contribution in [0.25, 0.3) is 6.08 Å². The predicted octanol–water partition coefficient (Wildman–Crippen LogP) is 3.21. The summed E-state index contributed by atoms with van der Waals surface area (Å²) >= 11 is 0. The van der Waals surface area contributed by atoms with Gasteiger partial charge in [0.2, 0.25) is 11.7 Å². The van der Waals surface area contributed by atoms with E-state index in [-0.39, 0.29) is 0 Å². The number of hydrogen-bond acceptors (Lipinski definition) is 2. The second-order valence-corrected chi connectivity index (χ2v) is 6.04. The molecule has 1 rings (SSSR count). The van der Waals surface area contributed by atoms with Gasteiger partial charge in [0, 0.05) is 6.42 Å². The van der Waals surface area contributed by atoms with Crippen LogP contribution in [-0.4, -0.2) is 25.2 Å². The van der Waals surface area contributed by atoms with E-state index >= 15 is 0 Å². The first-order valence-corrected chi connectivity index (χ1v) is 8.04. The van der Waals surface area contributed by atoms with E-state index in [0.717, 1.165) is 19.3 Å². The van der Waals surface area contributed by atoms with Crippen molar-refractivity contribution in [3.8, 4) is 0 Å². The Labute approximate surface area is 126 Å². The fraction of sp³-hybridized carbons (Fsp3) is 0.545. The topological polar surface area (TPSA) is 74.0 Å². The Morgan fingerprint density at radius 1 is 1.41 bits per heavy atom. The fourth-order valence-corrected chi connectivity index (χ4v) is 2.58. The quantitative estimate of drug-likeness (QED) is 0.262. The third kappa shape index (κ3) is 9.56. The monoisotopic (exact) mass is 346 g/mol. The fourth-order valence-electron chi connectivity index (χ4n) is 1.68.